The molecule has 0 amide bonds. The zero-order chi connectivity index (χ0) is 11.9. The van der Waals surface area contributed by atoms with Crippen molar-refractivity contribution < 1.29 is 4.39 Å². The molecule has 0 aliphatic rings. The Kier molecular flexibility index (Phi) is 4.64. The van der Waals surface area contributed by atoms with Gasteiger partial charge in [0.05, 0.1) is 5.01 Å². The van der Waals surface area contributed by atoms with Crippen LogP contribution < -0.4 is 5.32 Å². The van der Waals surface area contributed by atoms with Crippen LogP contribution in [0.2, 0.25) is 0 Å². The lowest BCUT2D eigenvalue weighted by Gasteiger charge is -2.04. The second-order valence-corrected chi connectivity index (χ2v) is 4.75. The first-order valence-corrected chi connectivity index (χ1v) is 6.57. The minimum absolute atomic E-state index is 0.116. The first-order valence-electron chi connectivity index (χ1n) is 5.69. The fourth-order valence-corrected chi connectivity index (χ4v) is 2.24. The monoisotopic (exact) mass is 250 g/mol. The zero-order valence-electron chi connectivity index (χ0n) is 9.53. The van der Waals surface area contributed by atoms with Crippen molar-refractivity contribution in [1.29, 1.82) is 0 Å². The van der Waals surface area contributed by atoms with Crippen molar-refractivity contribution in [3.63, 3.8) is 0 Å². The van der Waals surface area contributed by atoms with Gasteiger partial charge in [-0.15, -0.1) is 11.3 Å². The Hall–Kier alpha value is -1.26. The van der Waals surface area contributed by atoms with Gasteiger partial charge >= 0.3 is 0 Å². The van der Waals surface area contributed by atoms with Gasteiger partial charge < -0.3 is 5.32 Å². The summed E-state index contributed by atoms with van der Waals surface area (Å²) in [6, 6.07) is 6.92. The SMILES string of the molecule is Fc1ccccc1CCNCCc1nccs1. The molecule has 0 saturated heterocycles. The smallest absolute Gasteiger partial charge is 0.126 e. The minimum Gasteiger partial charge on any atom is -0.316 e. The van der Waals surface area contributed by atoms with E-state index in [1.165, 1.54) is 6.07 Å². The summed E-state index contributed by atoms with van der Waals surface area (Å²) in [6.45, 7) is 1.69. The molecule has 0 atom stereocenters. The van der Waals surface area contributed by atoms with E-state index >= 15 is 0 Å². The summed E-state index contributed by atoms with van der Waals surface area (Å²) in [4.78, 5) is 4.20. The highest BCUT2D eigenvalue weighted by Crippen LogP contribution is 2.06. The van der Waals surface area contributed by atoms with Crippen LogP contribution in [-0.4, -0.2) is 18.1 Å². The number of hydrogen-bond donors (Lipinski definition) is 1. The van der Waals surface area contributed by atoms with Crippen LogP contribution in [0.5, 0.6) is 0 Å². The molecule has 2 aromatic rings. The molecule has 0 unspecified atom stereocenters. The van der Waals surface area contributed by atoms with E-state index in [1.54, 1.807) is 17.4 Å². The number of hydrogen-bond acceptors (Lipinski definition) is 3. The van der Waals surface area contributed by atoms with E-state index in [9.17, 15) is 4.39 Å². The number of thiazole rings is 1. The van der Waals surface area contributed by atoms with Crippen LogP contribution in [0.15, 0.2) is 35.8 Å². The first kappa shape index (κ1) is 12.2. The number of nitrogens with zero attached hydrogens (tertiary/aromatic N) is 1. The average molecular weight is 250 g/mol. The number of aromatic nitrogens is 1. The summed E-state index contributed by atoms with van der Waals surface area (Å²) >= 11 is 1.67. The van der Waals surface area contributed by atoms with E-state index in [1.807, 2.05) is 23.7 Å². The van der Waals surface area contributed by atoms with Crippen LogP contribution in [0.4, 0.5) is 4.39 Å². The highest BCUT2D eigenvalue weighted by atomic mass is 32.1. The van der Waals surface area contributed by atoms with E-state index in [4.69, 9.17) is 0 Å². The first-order chi connectivity index (χ1) is 8.36. The zero-order valence-corrected chi connectivity index (χ0v) is 10.3. The molecule has 0 aliphatic carbocycles. The molecule has 2 rings (SSSR count). The minimum atomic E-state index is -0.116. The Balaban J connectivity index is 1.65. The molecule has 1 aromatic heterocycles. The van der Waals surface area contributed by atoms with E-state index in [-0.39, 0.29) is 5.82 Å². The topological polar surface area (TPSA) is 24.9 Å². The lowest BCUT2D eigenvalue weighted by molar-refractivity contribution is 0.598. The maximum Gasteiger partial charge on any atom is 0.126 e. The van der Waals surface area contributed by atoms with Crippen molar-refractivity contribution >= 4 is 11.3 Å². The molecule has 4 heteroatoms. The Morgan fingerprint density at radius 2 is 2.00 bits per heavy atom. The molecular formula is C13H15FN2S. The van der Waals surface area contributed by atoms with Gasteiger partial charge in [0.25, 0.3) is 0 Å². The normalized spacial score (nSPS) is 10.6. The number of benzene rings is 1. The predicted octanol–water partition coefficient (Wildman–Crippen LogP) is 2.66. The lowest BCUT2D eigenvalue weighted by Crippen LogP contribution is -2.20. The summed E-state index contributed by atoms with van der Waals surface area (Å²) < 4.78 is 13.3. The van der Waals surface area contributed by atoms with Gasteiger partial charge in [-0.1, -0.05) is 18.2 Å². The molecular weight excluding hydrogens is 235 g/mol. The van der Waals surface area contributed by atoms with Gasteiger partial charge in [0.1, 0.15) is 5.82 Å². The molecule has 1 aromatic carbocycles. The summed E-state index contributed by atoms with van der Waals surface area (Å²) in [6.07, 6.45) is 3.48. The van der Waals surface area contributed by atoms with Crippen LogP contribution in [0.3, 0.4) is 0 Å². The molecule has 17 heavy (non-hydrogen) atoms. The Labute approximate surface area is 105 Å². The van der Waals surface area contributed by atoms with Crippen LogP contribution in [0.1, 0.15) is 10.6 Å². The van der Waals surface area contributed by atoms with Crippen LogP contribution in [-0.2, 0) is 12.8 Å². The molecule has 0 saturated carbocycles. The van der Waals surface area contributed by atoms with Crippen molar-refractivity contribution in [2.45, 2.75) is 12.8 Å². The standard InChI is InChI=1S/C13H15FN2S/c14-12-4-2-1-3-11(12)5-7-15-8-6-13-16-9-10-17-13/h1-4,9-10,15H,5-8H2. The van der Waals surface area contributed by atoms with Gasteiger partial charge in [-0.3, -0.25) is 0 Å². The van der Waals surface area contributed by atoms with Crippen LogP contribution >= 0.6 is 11.3 Å². The third kappa shape index (κ3) is 3.91. The fraction of sp³-hybridized carbons (Fsp3) is 0.308. The summed E-state index contributed by atoms with van der Waals surface area (Å²) in [5.74, 6) is -0.116. The predicted molar refractivity (Wildman–Crippen MR) is 68.8 cm³/mol. The average Bonchev–Trinajstić information content (AvgIpc) is 2.84. The molecule has 0 spiro atoms. The maximum atomic E-state index is 13.3. The van der Waals surface area contributed by atoms with E-state index in [0.29, 0.717) is 0 Å². The molecule has 2 nitrogen and oxygen atoms in total. The van der Waals surface area contributed by atoms with Gasteiger partial charge in [0.2, 0.25) is 0 Å². The molecule has 0 radical (unpaired) electrons. The maximum absolute atomic E-state index is 13.3. The second kappa shape index (κ2) is 6.47. The van der Waals surface area contributed by atoms with E-state index in [2.05, 4.69) is 10.3 Å². The molecule has 0 fully saturated rings. The molecule has 0 bridgehead atoms. The Bertz CT molecular complexity index is 442. The number of nitrogens with one attached hydrogen (secondary N) is 1. The Morgan fingerprint density at radius 3 is 2.76 bits per heavy atom. The van der Waals surface area contributed by atoms with Gasteiger partial charge in [-0.25, -0.2) is 9.37 Å². The fourth-order valence-electron chi connectivity index (χ4n) is 1.62. The van der Waals surface area contributed by atoms with Gasteiger partial charge in [-0.2, -0.15) is 0 Å². The molecule has 0 aliphatic heterocycles. The highest BCUT2D eigenvalue weighted by Gasteiger charge is 2.00. The van der Waals surface area contributed by atoms with Crippen LogP contribution in [0, 0.1) is 5.82 Å². The van der Waals surface area contributed by atoms with E-state index in [0.717, 1.165) is 36.5 Å². The third-order valence-electron chi connectivity index (χ3n) is 2.53. The molecule has 1 N–H and O–H groups in total. The van der Waals surface area contributed by atoms with Crippen molar-refractivity contribution in [1.82, 2.24) is 10.3 Å². The van der Waals surface area contributed by atoms with E-state index < -0.39 is 0 Å². The van der Waals surface area contributed by atoms with Crippen molar-refractivity contribution in [2.24, 2.45) is 0 Å². The van der Waals surface area contributed by atoms with Crippen molar-refractivity contribution in [2.75, 3.05) is 13.1 Å². The van der Waals surface area contributed by atoms with Gasteiger partial charge in [0, 0.05) is 24.5 Å². The largest absolute Gasteiger partial charge is 0.316 e. The third-order valence-corrected chi connectivity index (χ3v) is 3.37. The highest BCUT2D eigenvalue weighted by molar-refractivity contribution is 7.09. The molecule has 90 valence electrons. The number of halogens is 1. The van der Waals surface area contributed by atoms with Gasteiger partial charge in [0.15, 0.2) is 0 Å². The lowest BCUT2D eigenvalue weighted by atomic mass is 10.1. The summed E-state index contributed by atoms with van der Waals surface area (Å²) in [5.41, 5.74) is 0.772. The number of rotatable bonds is 6. The summed E-state index contributed by atoms with van der Waals surface area (Å²) in [7, 11) is 0. The van der Waals surface area contributed by atoms with Crippen molar-refractivity contribution in [3.05, 3.63) is 52.2 Å². The summed E-state index contributed by atoms with van der Waals surface area (Å²) in [5, 5.41) is 6.42. The van der Waals surface area contributed by atoms with Crippen LogP contribution in [0.25, 0.3) is 0 Å². The quantitative estimate of drug-likeness (QED) is 0.797. The van der Waals surface area contributed by atoms with Crippen molar-refractivity contribution in [3.8, 4) is 0 Å². The Morgan fingerprint density at radius 1 is 1.18 bits per heavy atom. The molecule has 1 heterocycles. The second-order valence-electron chi connectivity index (χ2n) is 3.77. The van der Waals surface area contributed by atoms with Gasteiger partial charge in [-0.05, 0) is 24.6 Å².